The van der Waals surface area contributed by atoms with Crippen LogP contribution in [0.1, 0.15) is 41.1 Å². The fourth-order valence-electron chi connectivity index (χ4n) is 3.12. The molecule has 138 valence electrons. The van der Waals surface area contributed by atoms with Crippen LogP contribution >= 0.6 is 0 Å². The molecule has 7 nitrogen and oxygen atoms in total. The first-order valence-corrected chi connectivity index (χ1v) is 8.37. The minimum atomic E-state index is -0.741. The van der Waals surface area contributed by atoms with E-state index in [0.29, 0.717) is 11.4 Å². The van der Waals surface area contributed by atoms with Crippen LogP contribution in [-0.2, 0) is 12.1 Å². The van der Waals surface area contributed by atoms with Gasteiger partial charge in [-0.25, -0.2) is 9.37 Å². The monoisotopic (exact) mass is 360 g/mol. The Hall–Kier alpha value is -2.74. The number of hydrogen-bond acceptors (Lipinski definition) is 5. The third kappa shape index (κ3) is 3.20. The molecule has 0 saturated heterocycles. The smallest absolute Gasteiger partial charge is 0.293 e. The first-order chi connectivity index (χ1) is 12.3. The van der Waals surface area contributed by atoms with Crippen molar-refractivity contribution in [1.82, 2.24) is 20.2 Å². The molecule has 1 aromatic heterocycles. The number of aromatic hydroxyl groups is 1. The second-order valence-electron chi connectivity index (χ2n) is 6.70. The largest absolute Gasteiger partial charge is 0.501 e. The average molecular weight is 360 g/mol. The molecule has 3 rings (SSSR count). The third-order valence-electron chi connectivity index (χ3n) is 4.95. The Kier molecular flexibility index (Phi) is 4.78. The molecular formula is C18H21FN4O3. The van der Waals surface area contributed by atoms with Gasteiger partial charge >= 0.3 is 0 Å². The molecule has 0 unspecified atom stereocenters. The molecule has 0 spiro atoms. The highest BCUT2D eigenvalue weighted by molar-refractivity contribution is 5.94. The van der Waals surface area contributed by atoms with E-state index in [0.717, 1.165) is 19.3 Å². The van der Waals surface area contributed by atoms with Crippen LogP contribution < -0.4 is 10.9 Å². The van der Waals surface area contributed by atoms with Gasteiger partial charge in [-0.3, -0.25) is 14.5 Å². The lowest BCUT2D eigenvalue weighted by atomic mass is 9.75. The van der Waals surface area contributed by atoms with Crippen LogP contribution in [0.5, 0.6) is 5.75 Å². The van der Waals surface area contributed by atoms with Crippen molar-refractivity contribution in [2.45, 2.75) is 31.3 Å². The summed E-state index contributed by atoms with van der Waals surface area (Å²) in [7, 11) is 3.78. The number of aromatic amines is 1. The Morgan fingerprint density at radius 1 is 1.35 bits per heavy atom. The van der Waals surface area contributed by atoms with Gasteiger partial charge in [0.05, 0.1) is 5.54 Å². The van der Waals surface area contributed by atoms with E-state index in [2.05, 4.69) is 15.3 Å². The predicted molar refractivity (Wildman–Crippen MR) is 93.3 cm³/mol. The van der Waals surface area contributed by atoms with Crippen molar-refractivity contribution < 1.29 is 14.3 Å². The van der Waals surface area contributed by atoms with Crippen molar-refractivity contribution in [3.8, 4) is 5.75 Å². The van der Waals surface area contributed by atoms with Crippen molar-refractivity contribution >= 4 is 5.91 Å². The van der Waals surface area contributed by atoms with E-state index < -0.39 is 22.8 Å². The van der Waals surface area contributed by atoms with Crippen LogP contribution in [0.15, 0.2) is 29.1 Å². The van der Waals surface area contributed by atoms with Gasteiger partial charge in [0, 0.05) is 6.54 Å². The molecule has 8 heteroatoms. The molecule has 3 N–H and O–H groups in total. The molecule has 2 aromatic rings. The van der Waals surface area contributed by atoms with Crippen molar-refractivity contribution in [2.24, 2.45) is 0 Å². The number of halogens is 1. The maximum atomic E-state index is 12.9. The Bertz CT molecular complexity index is 873. The third-order valence-corrected chi connectivity index (χ3v) is 4.95. The average Bonchev–Trinajstić information content (AvgIpc) is 2.55. The highest BCUT2D eigenvalue weighted by Crippen LogP contribution is 2.43. The second-order valence-corrected chi connectivity index (χ2v) is 6.70. The molecule has 0 bridgehead atoms. The van der Waals surface area contributed by atoms with E-state index in [1.54, 1.807) is 12.1 Å². The molecule has 26 heavy (non-hydrogen) atoms. The van der Waals surface area contributed by atoms with Gasteiger partial charge in [0.2, 0.25) is 5.75 Å². The van der Waals surface area contributed by atoms with E-state index in [-0.39, 0.29) is 18.1 Å². The Balaban J connectivity index is 1.85. The van der Waals surface area contributed by atoms with E-state index in [1.807, 2.05) is 19.0 Å². The minimum absolute atomic E-state index is 0.126. The van der Waals surface area contributed by atoms with Gasteiger partial charge in [0.15, 0.2) is 5.69 Å². The first-order valence-electron chi connectivity index (χ1n) is 8.37. The fraction of sp³-hybridized carbons (Fsp3) is 0.389. The summed E-state index contributed by atoms with van der Waals surface area (Å²) in [5.74, 6) is -1.36. The van der Waals surface area contributed by atoms with Gasteiger partial charge in [0.1, 0.15) is 11.6 Å². The number of aromatic nitrogens is 2. The molecule has 1 heterocycles. The van der Waals surface area contributed by atoms with Gasteiger partial charge < -0.3 is 15.4 Å². The lowest BCUT2D eigenvalue weighted by Crippen LogP contribution is -2.49. The van der Waals surface area contributed by atoms with Crippen molar-refractivity contribution in [3.63, 3.8) is 0 Å². The molecule has 1 aromatic carbocycles. The van der Waals surface area contributed by atoms with Gasteiger partial charge in [-0.1, -0.05) is 12.1 Å². The first kappa shape index (κ1) is 18.1. The standard InChI is InChI=1S/C18H21FN4O3/c1-23(2)18(8-3-9-18)17-21-13(14(24)16(26)22-17)15(25)20-10-11-4-6-12(19)7-5-11/h4-7,24H,3,8-10H2,1-2H3,(H,20,25)(H,21,22,26). The van der Waals surface area contributed by atoms with Crippen molar-refractivity contribution in [1.29, 1.82) is 0 Å². The van der Waals surface area contributed by atoms with E-state index in [9.17, 15) is 19.1 Å². The number of rotatable bonds is 5. The lowest BCUT2D eigenvalue weighted by Gasteiger charge is -2.46. The number of nitrogens with one attached hydrogen (secondary N) is 2. The molecular weight excluding hydrogens is 339 g/mol. The number of amides is 1. The van der Waals surface area contributed by atoms with Crippen LogP contribution in [0.2, 0.25) is 0 Å². The highest BCUT2D eigenvalue weighted by Gasteiger charge is 2.43. The van der Waals surface area contributed by atoms with Crippen LogP contribution in [0.3, 0.4) is 0 Å². The molecule has 1 aliphatic carbocycles. The highest BCUT2D eigenvalue weighted by atomic mass is 19.1. The lowest BCUT2D eigenvalue weighted by molar-refractivity contribution is 0.0475. The Morgan fingerprint density at radius 3 is 2.54 bits per heavy atom. The molecule has 0 atom stereocenters. The maximum absolute atomic E-state index is 12.9. The fourth-order valence-corrected chi connectivity index (χ4v) is 3.12. The minimum Gasteiger partial charge on any atom is -0.501 e. The number of carbonyl (C=O) groups excluding carboxylic acids is 1. The van der Waals surface area contributed by atoms with Crippen LogP contribution in [0, 0.1) is 5.82 Å². The van der Waals surface area contributed by atoms with E-state index >= 15 is 0 Å². The SMILES string of the molecule is CN(C)C1(c2nc(C(=O)NCc3ccc(F)cc3)c(O)c(=O)[nH]2)CCC1. The zero-order valence-electron chi connectivity index (χ0n) is 14.7. The molecule has 0 aliphatic heterocycles. The molecule has 1 saturated carbocycles. The van der Waals surface area contributed by atoms with E-state index in [1.165, 1.54) is 12.1 Å². The van der Waals surface area contributed by atoms with Crippen LogP contribution in [0.4, 0.5) is 4.39 Å². The predicted octanol–water partition coefficient (Wildman–Crippen LogP) is 1.49. The molecule has 1 fully saturated rings. The van der Waals surface area contributed by atoms with Crippen LogP contribution in [-0.4, -0.2) is 40.0 Å². The summed E-state index contributed by atoms with van der Waals surface area (Å²) in [5.41, 5.74) is -0.791. The quantitative estimate of drug-likeness (QED) is 0.750. The summed E-state index contributed by atoms with van der Waals surface area (Å²) >= 11 is 0. The van der Waals surface area contributed by atoms with Gasteiger partial charge in [-0.15, -0.1) is 0 Å². The van der Waals surface area contributed by atoms with Gasteiger partial charge in [-0.2, -0.15) is 0 Å². The summed E-state index contributed by atoms with van der Waals surface area (Å²) in [6, 6.07) is 5.67. The maximum Gasteiger partial charge on any atom is 0.293 e. The topological polar surface area (TPSA) is 98.3 Å². The van der Waals surface area contributed by atoms with E-state index in [4.69, 9.17) is 0 Å². The Labute approximate surface area is 149 Å². The summed E-state index contributed by atoms with van der Waals surface area (Å²) in [5, 5.41) is 12.6. The number of benzene rings is 1. The van der Waals surface area contributed by atoms with Crippen molar-refractivity contribution in [2.75, 3.05) is 14.1 Å². The summed E-state index contributed by atoms with van der Waals surface area (Å²) in [4.78, 5) is 33.4. The van der Waals surface area contributed by atoms with Crippen molar-refractivity contribution in [3.05, 3.63) is 57.5 Å². The molecule has 1 amide bonds. The van der Waals surface area contributed by atoms with Gasteiger partial charge in [-0.05, 0) is 51.1 Å². The summed E-state index contributed by atoms with van der Waals surface area (Å²) < 4.78 is 12.9. The van der Waals surface area contributed by atoms with Gasteiger partial charge in [0.25, 0.3) is 11.5 Å². The number of hydrogen-bond donors (Lipinski definition) is 3. The summed E-state index contributed by atoms with van der Waals surface area (Å²) in [6.45, 7) is 0.126. The number of nitrogens with zero attached hydrogens (tertiary/aromatic N) is 2. The van der Waals surface area contributed by atoms with Crippen LogP contribution in [0.25, 0.3) is 0 Å². The Morgan fingerprint density at radius 2 is 2.00 bits per heavy atom. The summed E-state index contributed by atoms with van der Waals surface area (Å²) in [6.07, 6.45) is 2.61. The number of carbonyl (C=O) groups is 1. The zero-order valence-corrected chi connectivity index (χ0v) is 14.7. The second kappa shape index (κ2) is 6.87. The zero-order chi connectivity index (χ0) is 18.9. The number of H-pyrrole nitrogens is 1. The molecule has 0 radical (unpaired) electrons. The molecule has 1 aliphatic rings. The normalized spacial score (nSPS) is 15.5.